The monoisotopic (exact) mass is 242 g/mol. The molecule has 100 valence electrons. The Morgan fingerprint density at radius 2 is 2.00 bits per heavy atom. The zero-order valence-electron chi connectivity index (χ0n) is 11.1. The summed E-state index contributed by atoms with van der Waals surface area (Å²) in [7, 11) is 0. The first-order chi connectivity index (χ1) is 8.09. The molecule has 0 spiro atoms. The minimum Gasteiger partial charge on any atom is -0.480 e. The lowest BCUT2D eigenvalue weighted by atomic mass is 10.0. The van der Waals surface area contributed by atoms with Crippen LogP contribution in [-0.2, 0) is 4.79 Å². The minimum absolute atomic E-state index is 0.381. The first-order valence-corrected chi connectivity index (χ1v) is 6.78. The van der Waals surface area contributed by atoms with Gasteiger partial charge in [-0.2, -0.15) is 0 Å². The van der Waals surface area contributed by atoms with E-state index in [4.69, 9.17) is 5.11 Å². The van der Waals surface area contributed by atoms with E-state index >= 15 is 0 Å². The van der Waals surface area contributed by atoms with E-state index in [1.54, 1.807) is 0 Å². The van der Waals surface area contributed by atoms with Gasteiger partial charge in [0.25, 0.3) is 0 Å². The highest BCUT2D eigenvalue weighted by Crippen LogP contribution is 2.08. The van der Waals surface area contributed by atoms with Crippen LogP contribution < -0.4 is 5.32 Å². The van der Waals surface area contributed by atoms with Crippen LogP contribution in [-0.4, -0.2) is 48.2 Å². The second-order valence-electron chi connectivity index (χ2n) is 5.38. The molecule has 1 rings (SSSR count). The lowest BCUT2D eigenvalue weighted by molar-refractivity contribution is -0.139. The summed E-state index contributed by atoms with van der Waals surface area (Å²) < 4.78 is 0. The van der Waals surface area contributed by atoms with Crippen molar-refractivity contribution in [1.82, 2.24) is 10.2 Å². The van der Waals surface area contributed by atoms with Gasteiger partial charge < -0.3 is 15.3 Å². The summed E-state index contributed by atoms with van der Waals surface area (Å²) in [6, 6.07) is -0.381. The van der Waals surface area contributed by atoms with Crippen LogP contribution in [0.5, 0.6) is 0 Å². The third-order valence-electron chi connectivity index (χ3n) is 3.25. The Hall–Kier alpha value is -0.610. The van der Waals surface area contributed by atoms with Crippen molar-refractivity contribution in [3.05, 3.63) is 0 Å². The van der Waals surface area contributed by atoms with Gasteiger partial charge in [-0.15, -0.1) is 0 Å². The van der Waals surface area contributed by atoms with Crippen LogP contribution in [0, 0.1) is 5.92 Å². The fraction of sp³-hybridized carbons (Fsp3) is 0.923. The fourth-order valence-electron chi connectivity index (χ4n) is 2.33. The first kappa shape index (κ1) is 14.5. The van der Waals surface area contributed by atoms with Crippen molar-refractivity contribution in [2.75, 3.05) is 26.2 Å². The molecule has 1 saturated heterocycles. The number of nitrogens with zero attached hydrogens (tertiary/aromatic N) is 1. The van der Waals surface area contributed by atoms with Crippen LogP contribution in [0.25, 0.3) is 0 Å². The smallest absolute Gasteiger partial charge is 0.320 e. The molecule has 0 aliphatic carbocycles. The van der Waals surface area contributed by atoms with Crippen LogP contribution in [0.1, 0.15) is 39.5 Å². The Bertz CT molecular complexity index is 225. The molecule has 1 aliphatic rings. The maximum absolute atomic E-state index is 11.0. The zero-order chi connectivity index (χ0) is 12.7. The maximum Gasteiger partial charge on any atom is 0.320 e. The van der Waals surface area contributed by atoms with Gasteiger partial charge in [0.05, 0.1) is 0 Å². The molecule has 1 heterocycles. The highest BCUT2D eigenvalue weighted by molar-refractivity contribution is 5.73. The van der Waals surface area contributed by atoms with Gasteiger partial charge in [0.2, 0.25) is 0 Å². The molecule has 0 aromatic heterocycles. The van der Waals surface area contributed by atoms with Gasteiger partial charge in [-0.05, 0) is 57.8 Å². The van der Waals surface area contributed by atoms with E-state index in [-0.39, 0.29) is 6.04 Å². The molecule has 0 radical (unpaired) electrons. The Morgan fingerprint density at radius 1 is 1.35 bits per heavy atom. The van der Waals surface area contributed by atoms with Gasteiger partial charge in [-0.1, -0.05) is 13.8 Å². The Labute approximate surface area is 104 Å². The van der Waals surface area contributed by atoms with Crippen LogP contribution in [0.3, 0.4) is 0 Å². The predicted octanol–water partition coefficient (Wildman–Crippen LogP) is 1.56. The van der Waals surface area contributed by atoms with Gasteiger partial charge in [0, 0.05) is 0 Å². The number of nitrogens with one attached hydrogen (secondary N) is 1. The largest absolute Gasteiger partial charge is 0.480 e. The van der Waals surface area contributed by atoms with Crippen molar-refractivity contribution < 1.29 is 9.90 Å². The number of hydrogen-bond donors (Lipinski definition) is 2. The second-order valence-corrected chi connectivity index (χ2v) is 5.38. The van der Waals surface area contributed by atoms with Crippen molar-refractivity contribution in [2.24, 2.45) is 5.92 Å². The molecular formula is C13H26N2O2. The van der Waals surface area contributed by atoms with Crippen molar-refractivity contribution in [3.8, 4) is 0 Å². The van der Waals surface area contributed by atoms with Gasteiger partial charge in [-0.3, -0.25) is 4.79 Å². The number of carboxylic acid groups (broad SMARTS) is 1. The summed E-state index contributed by atoms with van der Waals surface area (Å²) in [5, 5.41) is 12.2. The summed E-state index contributed by atoms with van der Waals surface area (Å²) >= 11 is 0. The van der Waals surface area contributed by atoms with Crippen LogP contribution in [0.15, 0.2) is 0 Å². The van der Waals surface area contributed by atoms with E-state index in [9.17, 15) is 4.79 Å². The zero-order valence-corrected chi connectivity index (χ0v) is 11.1. The molecule has 0 amide bonds. The molecule has 17 heavy (non-hydrogen) atoms. The Balaban J connectivity index is 2.11. The molecule has 0 saturated carbocycles. The average molecular weight is 242 g/mol. The van der Waals surface area contributed by atoms with E-state index in [1.807, 2.05) is 0 Å². The number of rotatable bonds is 8. The quantitative estimate of drug-likeness (QED) is 0.634. The Morgan fingerprint density at radius 3 is 2.53 bits per heavy atom. The summed E-state index contributed by atoms with van der Waals surface area (Å²) in [5.74, 6) is -0.304. The highest BCUT2D eigenvalue weighted by atomic mass is 16.4. The summed E-state index contributed by atoms with van der Waals surface area (Å²) in [5.41, 5.74) is 0. The molecule has 0 aromatic carbocycles. The number of likely N-dealkylation sites (tertiary alicyclic amines) is 1. The van der Waals surface area contributed by atoms with Crippen LogP contribution in [0.4, 0.5) is 0 Å². The summed E-state index contributed by atoms with van der Waals surface area (Å²) in [4.78, 5) is 13.5. The molecule has 1 aliphatic heterocycles. The molecule has 4 heteroatoms. The standard InChI is InChI=1S/C13H26N2O2/c1-11(2)10-12(13(16)17)14-6-5-9-15-7-3-4-8-15/h11-12,14H,3-10H2,1-2H3,(H,16,17). The number of carbonyl (C=O) groups is 1. The van der Waals surface area contributed by atoms with Crippen molar-refractivity contribution in [3.63, 3.8) is 0 Å². The molecule has 2 N–H and O–H groups in total. The van der Waals surface area contributed by atoms with Crippen molar-refractivity contribution in [1.29, 1.82) is 0 Å². The molecular weight excluding hydrogens is 216 g/mol. The average Bonchev–Trinajstić information content (AvgIpc) is 2.74. The minimum atomic E-state index is -0.722. The topological polar surface area (TPSA) is 52.6 Å². The third kappa shape index (κ3) is 6.03. The SMILES string of the molecule is CC(C)CC(NCCCN1CCCC1)C(=O)O. The van der Waals surface area contributed by atoms with E-state index in [0.29, 0.717) is 12.3 Å². The fourth-order valence-corrected chi connectivity index (χ4v) is 2.33. The normalized spacial score (nSPS) is 18.8. The van der Waals surface area contributed by atoms with Gasteiger partial charge in [0.1, 0.15) is 6.04 Å². The molecule has 1 fully saturated rings. The lowest BCUT2D eigenvalue weighted by Gasteiger charge is -2.18. The number of aliphatic carboxylic acids is 1. The molecule has 0 bridgehead atoms. The van der Waals surface area contributed by atoms with E-state index in [1.165, 1.54) is 25.9 Å². The predicted molar refractivity (Wildman–Crippen MR) is 69.2 cm³/mol. The number of carboxylic acids is 1. The second kappa shape index (κ2) is 7.67. The molecule has 4 nitrogen and oxygen atoms in total. The van der Waals surface area contributed by atoms with Crippen molar-refractivity contribution in [2.45, 2.75) is 45.6 Å². The first-order valence-electron chi connectivity index (χ1n) is 6.78. The van der Waals surface area contributed by atoms with E-state index in [2.05, 4.69) is 24.1 Å². The Kier molecular flexibility index (Phi) is 6.52. The van der Waals surface area contributed by atoms with Crippen LogP contribution in [0.2, 0.25) is 0 Å². The van der Waals surface area contributed by atoms with E-state index in [0.717, 1.165) is 19.5 Å². The third-order valence-corrected chi connectivity index (χ3v) is 3.25. The molecule has 1 unspecified atom stereocenters. The lowest BCUT2D eigenvalue weighted by Crippen LogP contribution is -2.39. The summed E-state index contributed by atoms with van der Waals surface area (Å²) in [6.45, 7) is 8.45. The summed E-state index contributed by atoms with van der Waals surface area (Å²) in [6.07, 6.45) is 4.39. The molecule has 1 atom stereocenters. The number of hydrogen-bond acceptors (Lipinski definition) is 3. The molecule has 0 aromatic rings. The maximum atomic E-state index is 11.0. The van der Waals surface area contributed by atoms with Crippen molar-refractivity contribution >= 4 is 5.97 Å². The van der Waals surface area contributed by atoms with Gasteiger partial charge in [-0.25, -0.2) is 0 Å². The van der Waals surface area contributed by atoms with Crippen LogP contribution >= 0.6 is 0 Å². The van der Waals surface area contributed by atoms with Gasteiger partial charge >= 0.3 is 5.97 Å². The van der Waals surface area contributed by atoms with E-state index < -0.39 is 5.97 Å². The highest BCUT2D eigenvalue weighted by Gasteiger charge is 2.18. The van der Waals surface area contributed by atoms with Gasteiger partial charge in [0.15, 0.2) is 0 Å².